The van der Waals surface area contributed by atoms with E-state index in [2.05, 4.69) is 10.1 Å². The van der Waals surface area contributed by atoms with E-state index in [1.54, 1.807) is 30.8 Å². The third-order valence-electron chi connectivity index (χ3n) is 6.29. The molecular formula is C24H23ClFN5O2. The van der Waals surface area contributed by atoms with Crippen LogP contribution in [0.5, 0.6) is 0 Å². The summed E-state index contributed by atoms with van der Waals surface area (Å²) in [6.45, 7) is 2.34. The molecule has 0 unspecified atom stereocenters. The molecule has 1 aromatic carbocycles. The molecule has 170 valence electrons. The van der Waals surface area contributed by atoms with Crippen LogP contribution in [0.2, 0.25) is 5.02 Å². The van der Waals surface area contributed by atoms with Crippen molar-refractivity contribution < 1.29 is 9.13 Å². The Hall–Kier alpha value is -3.10. The lowest BCUT2D eigenvalue weighted by atomic mass is 9.89. The zero-order valence-corrected chi connectivity index (χ0v) is 19.3. The fraction of sp³-hybridized carbons (Fsp3) is 0.333. The van der Waals surface area contributed by atoms with Crippen LogP contribution in [-0.4, -0.2) is 30.9 Å². The van der Waals surface area contributed by atoms with E-state index in [-0.39, 0.29) is 33.9 Å². The lowest BCUT2D eigenvalue weighted by molar-refractivity contribution is 0.00464. The molecular weight excluding hydrogens is 445 g/mol. The summed E-state index contributed by atoms with van der Waals surface area (Å²) in [5.41, 5.74) is 2.54. The zero-order chi connectivity index (χ0) is 23.3. The molecule has 1 fully saturated rings. The van der Waals surface area contributed by atoms with Crippen LogP contribution in [0, 0.1) is 12.7 Å². The zero-order valence-electron chi connectivity index (χ0n) is 18.5. The number of pyridine rings is 1. The van der Waals surface area contributed by atoms with Gasteiger partial charge in [0.15, 0.2) is 0 Å². The maximum atomic E-state index is 15.0. The number of ether oxygens (including phenoxy) is 1. The minimum Gasteiger partial charge on any atom is -0.373 e. The van der Waals surface area contributed by atoms with Gasteiger partial charge in [-0.2, -0.15) is 5.10 Å². The van der Waals surface area contributed by atoms with Gasteiger partial charge in [0.1, 0.15) is 11.6 Å². The number of aryl methyl sites for hydroxylation is 2. The quantitative estimate of drug-likeness (QED) is 0.444. The van der Waals surface area contributed by atoms with Crippen molar-refractivity contribution in [2.75, 3.05) is 6.61 Å². The first-order valence-corrected chi connectivity index (χ1v) is 11.1. The number of nitrogens with zero attached hydrogens (tertiary/aromatic N) is 5. The normalized spacial score (nSPS) is 18.7. The van der Waals surface area contributed by atoms with Crippen LogP contribution >= 0.6 is 11.6 Å². The number of fused-ring (bicyclic) bond motifs is 1. The summed E-state index contributed by atoms with van der Waals surface area (Å²) in [6.07, 6.45) is 5.12. The highest BCUT2D eigenvalue weighted by atomic mass is 35.5. The Balaban J connectivity index is 1.67. The van der Waals surface area contributed by atoms with Crippen molar-refractivity contribution >= 4 is 22.5 Å². The van der Waals surface area contributed by atoms with E-state index >= 15 is 0 Å². The second-order valence-corrected chi connectivity index (χ2v) is 8.90. The molecule has 0 saturated carbocycles. The smallest absolute Gasteiger partial charge is 0.263 e. The molecule has 0 radical (unpaired) electrons. The Labute approximate surface area is 194 Å². The third-order valence-corrected chi connectivity index (χ3v) is 6.52. The SMILES string of the molecule is Cc1nc2cc([C@H]3CCO[C@H](c4cnn(C)c4)C3)nc(-c3ccc(Cl)cc3F)c2c(=O)n1C. The average Bonchev–Trinajstić information content (AvgIpc) is 3.23. The average molecular weight is 468 g/mol. The topological polar surface area (TPSA) is 74.8 Å². The first-order chi connectivity index (χ1) is 15.8. The molecule has 0 bridgehead atoms. The van der Waals surface area contributed by atoms with Gasteiger partial charge < -0.3 is 4.74 Å². The molecule has 9 heteroatoms. The minimum absolute atomic E-state index is 0.0635. The van der Waals surface area contributed by atoms with Gasteiger partial charge in [-0.05, 0) is 44.0 Å². The van der Waals surface area contributed by atoms with Gasteiger partial charge in [0.05, 0.1) is 28.9 Å². The predicted molar refractivity (Wildman–Crippen MR) is 124 cm³/mol. The largest absolute Gasteiger partial charge is 0.373 e. The van der Waals surface area contributed by atoms with Crippen molar-refractivity contribution in [3.8, 4) is 11.3 Å². The van der Waals surface area contributed by atoms with Gasteiger partial charge >= 0.3 is 0 Å². The first-order valence-electron chi connectivity index (χ1n) is 10.8. The third kappa shape index (κ3) is 3.94. The van der Waals surface area contributed by atoms with Gasteiger partial charge in [0.25, 0.3) is 5.56 Å². The molecule has 33 heavy (non-hydrogen) atoms. The molecule has 0 N–H and O–H groups in total. The highest BCUT2D eigenvalue weighted by Crippen LogP contribution is 2.39. The van der Waals surface area contributed by atoms with E-state index in [0.717, 1.165) is 17.7 Å². The summed E-state index contributed by atoms with van der Waals surface area (Å²) in [7, 11) is 3.52. The maximum Gasteiger partial charge on any atom is 0.263 e. The van der Waals surface area contributed by atoms with Gasteiger partial charge in [-0.3, -0.25) is 19.0 Å². The van der Waals surface area contributed by atoms with Gasteiger partial charge in [0, 0.05) is 54.7 Å². The number of hydrogen-bond donors (Lipinski definition) is 0. The lowest BCUT2D eigenvalue weighted by Gasteiger charge is -2.29. The summed E-state index contributed by atoms with van der Waals surface area (Å²) in [6, 6.07) is 6.25. The Bertz CT molecular complexity index is 1430. The fourth-order valence-corrected chi connectivity index (χ4v) is 4.56. The van der Waals surface area contributed by atoms with Crippen LogP contribution in [0.4, 0.5) is 4.39 Å². The van der Waals surface area contributed by atoms with Crippen molar-refractivity contribution in [3.05, 3.63) is 74.9 Å². The highest BCUT2D eigenvalue weighted by molar-refractivity contribution is 6.30. The summed E-state index contributed by atoms with van der Waals surface area (Å²) in [5.74, 6) is 0.109. The molecule has 4 heterocycles. The molecule has 5 rings (SSSR count). The summed E-state index contributed by atoms with van der Waals surface area (Å²) >= 11 is 5.97. The summed E-state index contributed by atoms with van der Waals surface area (Å²) in [4.78, 5) is 22.6. The van der Waals surface area contributed by atoms with Crippen LogP contribution in [0.3, 0.4) is 0 Å². The van der Waals surface area contributed by atoms with E-state index in [9.17, 15) is 9.18 Å². The molecule has 0 amide bonds. The molecule has 0 aliphatic carbocycles. The van der Waals surface area contributed by atoms with Crippen molar-refractivity contribution in [1.29, 1.82) is 0 Å². The Morgan fingerprint density at radius 3 is 2.76 bits per heavy atom. The van der Waals surface area contributed by atoms with Gasteiger partial charge in [-0.1, -0.05) is 11.6 Å². The maximum absolute atomic E-state index is 15.0. The van der Waals surface area contributed by atoms with Crippen LogP contribution < -0.4 is 5.56 Å². The van der Waals surface area contributed by atoms with Crippen molar-refractivity contribution in [2.24, 2.45) is 14.1 Å². The first kappa shape index (κ1) is 21.7. The standard InChI is InChI=1S/C24H23ClFN5O2/c1-13-28-20-10-19(14-6-7-33-21(8-14)15-11-27-30(2)12-15)29-23(22(20)24(32)31(13)3)17-5-4-16(25)9-18(17)26/h4-5,9-12,14,21H,6-8H2,1-3H3/t14-,21-/m0/s1. The number of aromatic nitrogens is 5. The summed E-state index contributed by atoms with van der Waals surface area (Å²) in [5, 5.41) is 4.83. The lowest BCUT2D eigenvalue weighted by Crippen LogP contribution is -2.23. The van der Waals surface area contributed by atoms with E-state index < -0.39 is 5.82 Å². The van der Waals surface area contributed by atoms with E-state index in [1.807, 2.05) is 25.5 Å². The number of hydrogen-bond acceptors (Lipinski definition) is 5. The molecule has 1 aliphatic rings. The van der Waals surface area contributed by atoms with Gasteiger partial charge in [-0.15, -0.1) is 0 Å². The number of halogens is 2. The Morgan fingerprint density at radius 2 is 2.03 bits per heavy atom. The van der Waals surface area contributed by atoms with E-state index in [1.165, 1.54) is 10.6 Å². The molecule has 4 aromatic rings. The van der Waals surface area contributed by atoms with Gasteiger partial charge in [0.2, 0.25) is 0 Å². The molecule has 2 atom stereocenters. The number of rotatable bonds is 3. The van der Waals surface area contributed by atoms with Crippen LogP contribution in [0.25, 0.3) is 22.2 Å². The molecule has 7 nitrogen and oxygen atoms in total. The summed E-state index contributed by atoms with van der Waals surface area (Å²) < 4.78 is 24.1. The minimum atomic E-state index is -0.531. The van der Waals surface area contributed by atoms with Crippen molar-refractivity contribution in [2.45, 2.75) is 31.8 Å². The van der Waals surface area contributed by atoms with Gasteiger partial charge in [-0.25, -0.2) is 9.37 Å². The van der Waals surface area contributed by atoms with Crippen molar-refractivity contribution in [1.82, 2.24) is 24.3 Å². The van der Waals surface area contributed by atoms with Crippen LogP contribution in [0.1, 0.15) is 41.9 Å². The fourth-order valence-electron chi connectivity index (χ4n) is 4.40. The van der Waals surface area contributed by atoms with Crippen LogP contribution in [0.15, 0.2) is 41.5 Å². The Kier molecular flexibility index (Phi) is 5.50. The molecule has 3 aromatic heterocycles. The Morgan fingerprint density at radius 1 is 1.21 bits per heavy atom. The van der Waals surface area contributed by atoms with Crippen molar-refractivity contribution in [3.63, 3.8) is 0 Å². The molecule has 0 spiro atoms. The van der Waals surface area contributed by atoms with Crippen LogP contribution in [-0.2, 0) is 18.8 Å². The number of benzene rings is 1. The predicted octanol–water partition coefficient (Wildman–Crippen LogP) is 4.47. The molecule has 1 aliphatic heterocycles. The van der Waals surface area contributed by atoms with E-state index in [4.69, 9.17) is 21.3 Å². The second kappa shape index (κ2) is 8.35. The molecule has 1 saturated heterocycles. The highest BCUT2D eigenvalue weighted by Gasteiger charge is 2.28. The monoisotopic (exact) mass is 467 g/mol. The second-order valence-electron chi connectivity index (χ2n) is 8.47. The van der Waals surface area contributed by atoms with E-state index in [0.29, 0.717) is 29.8 Å².